The van der Waals surface area contributed by atoms with Crippen LogP contribution in [0, 0.1) is 5.82 Å². The number of rotatable bonds is 4. The zero-order chi connectivity index (χ0) is 17.1. The summed E-state index contributed by atoms with van der Waals surface area (Å²) in [7, 11) is 1.48. The predicted molar refractivity (Wildman–Crippen MR) is 88.7 cm³/mol. The molecule has 1 atom stereocenters. The summed E-state index contributed by atoms with van der Waals surface area (Å²) in [5.41, 5.74) is 1.74. The third-order valence-electron chi connectivity index (χ3n) is 4.46. The van der Waals surface area contributed by atoms with E-state index in [9.17, 15) is 14.3 Å². The van der Waals surface area contributed by atoms with Gasteiger partial charge in [0.15, 0.2) is 11.5 Å². The molecule has 0 aliphatic carbocycles. The van der Waals surface area contributed by atoms with E-state index in [0.717, 1.165) is 17.5 Å². The van der Waals surface area contributed by atoms with E-state index < -0.39 is 0 Å². The molecule has 0 aromatic heterocycles. The molecule has 0 spiro atoms. The number of likely N-dealkylation sites (tertiary alicyclic amines) is 1. The highest BCUT2D eigenvalue weighted by Gasteiger charge is 2.27. The molecular formula is C19H20FNO3. The van der Waals surface area contributed by atoms with Crippen LogP contribution in [0.4, 0.5) is 4.39 Å². The molecule has 1 fully saturated rings. The largest absolute Gasteiger partial charge is 0.504 e. The lowest BCUT2D eigenvalue weighted by atomic mass is 9.98. The summed E-state index contributed by atoms with van der Waals surface area (Å²) in [5.74, 6) is 0.384. The van der Waals surface area contributed by atoms with Crippen LogP contribution in [-0.2, 0) is 11.2 Å². The number of hydrogen-bond donors (Lipinski definition) is 1. The van der Waals surface area contributed by atoms with Crippen LogP contribution >= 0.6 is 0 Å². The first-order chi connectivity index (χ1) is 11.6. The molecule has 4 nitrogen and oxygen atoms in total. The van der Waals surface area contributed by atoms with Gasteiger partial charge in [-0.2, -0.15) is 0 Å². The van der Waals surface area contributed by atoms with Crippen LogP contribution in [0.25, 0.3) is 0 Å². The second-order valence-electron chi connectivity index (χ2n) is 6.06. The van der Waals surface area contributed by atoms with Crippen molar-refractivity contribution in [1.29, 1.82) is 0 Å². The molecule has 0 saturated carbocycles. The summed E-state index contributed by atoms with van der Waals surface area (Å²) in [6.45, 7) is 1.28. The Bertz CT molecular complexity index is 747. The van der Waals surface area contributed by atoms with E-state index in [0.29, 0.717) is 18.8 Å². The minimum atomic E-state index is -0.242. The second kappa shape index (κ2) is 6.91. The minimum Gasteiger partial charge on any atom is -0.504 e. The molecule has 126 valence electrons. The van der Waals surface area contributed by atoms with Crippen molar-refractivity contribution in [2.24, 2.45) is 0 Å². The van der Waals surface area contributed by atoms with E-state index in [-0.39, 0.29) is 29.8 Å². The fourth-order valence-electron chi connectivity index (χ4n) is 3.14. The van der Waals surface area contributed by atoms with Gasteiger partial charge in [0.25, 0.3) is 0 Å². The normalized spacial score (nSPS) is 17.1. The van der Waals surface area contributed by atoms with Gasteiger partial charge in [-0.3, -0.25) is 4.79 Å². The summed E-state index contributed by atoms with van der Waals surface area (Å²) in [6.07, 6.45) is 1.10. The number of hydrogen-bond acceptors (Lipinski definition) is 3. The molecule has 24 heavy (non-hydrogen) atoms. The molecule has 2 aromatic rings. The van der Waals surface area contributed by atoms with E-state index in [1.165, 1.54) is 19.2 Å². The van der Waals surface area contributed by atoms with E-state index >= 15 is 0 Å². The van der Waals surface area contributed by atoms with Crippen molar-refractivity contribution in [2.45, 2.75) is 18.8 Å². The van der Waals surface area contributed by atoms with Gasteiger partial charge in [0.1, 0.15) is 5.82 Å². The molecule has 1 saturated heterocycles. The van der Waals surface area contributed by atoms with Crippen molar-refractivity contribution >= 4 is 5.91 Å². The van der Waals surface area contributed by atoms with Crippen molar-refractivity contribution in [3.63, 3.8) is 0 Å². The number of methoxy groups -OCH3 is 1. The number of halogens is 1. The molecule has 2 aromatic carbocycles. The summed E-state index contributed by atoms with van der Waals surface area (Å²) in [5, 5.41) is 9.61. The number of aromatic hydroxyl groups is 1. The average Bonchev–Trinajstić information content (AvgIpc) is 3.07. The Labute approximate surface area is 140 Å². The van der Waals surface area contributed by atoms with Crippen LogP contribution < -0.4 is 4.74 Å². The van der Waals surface area contributed by atoms with Crippen molar-refractivity contribution in [2.75, 3.05) is 20.2 Å². The van der Waals surface area contributed by atoms with E-state index in [1.54, 1.807) is 24.3 Å². The van der Waals surface area contributed by atoms with Gasteiger partial charge in [-0.15, -0.1) is 0 Å². The zero-order valence-electron chi connectivity index (χ0n) is 13.5. The maximum absolute atomic E-state index is 13.4. The molecule has 1 N–H and O–H groups in total. The quantitative estimate of drug-likeness (QED) is 0.938. The number of phenols is 1. The van der Waals surface area contributed by atoms with E-state index in [2.05, 4.69) is 0 Å². The van der Waals surface area contributed by atoms with Gasteiger partial charge in [0, 0.05) is 19.0 Å². The highest BCUT2D eigenvalue weighted by atomic mass is 19.1. The van der Waals surface area contributed by atoms with Crippen LogP contribution in [0.2, 0.25) is 0 Å². The van der Waals surface area contributed by atoms with Crippen molar-refractivity contribution in [1.82, 2.24) is 4.90 Å². The van der Waals surface area contributed by atoms with Gasteiger partial charge in [-0.05, 0) is 41.8 Å². The van der Waals surface area contributed by atoms with Gasteiger partial charge >= 0.3 is 0 Å². The lowest BCUT2D eigenvalue weighted by Gasteiger charge is -2.17. The Morgan fingerprint density at radius 2 is 2.17 bits per heavy atom. The van der Waals surface area contributed by atoms with Crippen LogP contribution in [0.15, 0.2) is 42.5 Å². The molecule has 1 heterocycles. The van der Waals surface area contributed by atoms with Crippen molar-refractivity contribution in [3.05, 3.63) is 59.4 Å². The number of ether oxygens (including phenoxy) is 1. The SMILES string of the molecule is COc1cc(CC(=O)N2CC[C@@H](c3cccc(F)c3)C2)ccc1O. The van der Waals surface area contributed by atoms with Crippen LogP contribution in [0.3, 0.4) is 0 Å². The Balaban J connectivity index is 1.64. The fourth-order valence-corrected chi connectivity index (χ4v) is 3.14. The highest BCUT2D eigenvalue weighted by molar-refractivity contribution is 5.79. The average molecular weight is 329 g/mol. The maximum Gasteiger partial charge on any atom is 0.227 e. The maximum atomic E-state index is 13.4. The van der Waals surface area contributed by atoms with Crippen molar-refractivity contribution < 1.29 is 19.0 Å². The fraction of sp³-hybridized carbons (Fsp3) is 0.316. The van der Waals surface area contributed by atoms with E-state index in [4.69, 9.17) is 4.74 Å². The lowest BCUT2D eigenvalue weighted by Crippen LogP contribution is -2.29. The molecule has 1 aliphatic rings. The number of carbonyl (C=O) groups excluding carboxylic acids is 1. The Morgan fingerprint density at radius 1 is 1.33 bits per heavy atom. The lowest BCUT2D eigenvalue weighted by molar-refractivity contribution is -0.129. The Hall–Kier alpha value is -2.56. The smallest absolute Gasteiger partial charge is 0.227 e. The van der Waals surface area contributed by atoms with E-state index in [1.807, 2.05) is 11.0 Å². The number of benzene rings is 2. The Kier molecular flexibility index (Phi) is 4.69. The third-order valence-corrected chi connectivity index (χ3v) is 4.46. The molecule has 0 radical (unpaired) electrons. The predicted octanol–water partition coefficient (Wildman–Crippen LogP) is 3.10. The number of amides is 1. The summed E-state index contributed by atoms with van der Waals surface area (Å²) in [4.78, 5) is 14.3. The summed E-state index contributed by atoms with van der Waals surface area (Å²) in [6, 6.07) is 11.5. The third kappa shape index (κ3) is 3.50. The van der Waals surface area contributed by atoms with Crippen LogP contribution in [0.1, 0.15) is 23.5 Å². The monoisotopic (exact) mass is 329 g/mol. The first-order valence-corrected chi connectivity index (χ1v) is 7.96. The van der Waals surface area contributed by atoms with Gasteiger partial charge in [0.2, 0.25) is 5.91 Å². The topological polar surface area (TPSA) is 49.8 Å². The zero-order valence-corrected chi connectivity index (χ0v) is 13.5. The van der Waals surface area contributed by atoms with Gasteiger partial charge in [0.05, 0.1) is 13.5 Å². The molecule has 1 aliphatic heterocycles. The first kappa shape index (κ1) is 16.3. The summed E-state index contributed by atoms with van der Waals surface area (Å²) < 4.78 is 18.4. The second-order valence-corrected chi connectivity index (χ2v) is 6.06. The summed E-state index contributed by atoms with van der Waals surface area (Å²) >= 11 is 0. The van der Waals surface area contributed by atoms with Crippen molar-refractivity contribution in [3.8, 4) is 11.5 Å². The minimum absolute atomic E-state index is 0.0293. The molecule has 3 rings (SSSR count). The van der Waals surface area contributed by atoms with Crippen LogP contribution in [-0.4, -0.2) is 36.1 Å². The Morgan fingerprint density at radius 3 is 2.92 bits per heavy atom. The standard InChI is InChI=1S/C19H20FNO3/c1-24-18-9-13(5-6-17(18)22)10-19(23)21-8-7-15(12-21)14-3-2-4-16(20)11-14/h2-6,9,11,15,22H,7-8,10,12H2,1H3/t15-/m1/s1. The molecule has 0 unspecified atom stereocenters. The first-order valence-electron chi connectivity index (χ1n) is 7.96. The molecular weight excluding hydrogens is 309 g/mol. The van der Waals surface area contributed by atoms with Gasteiger partial charge in [-0.1, -0.05) is 18.2 Å². The molecule has 0 bridgehead atoms. The van der Waals surface area contributed by atoms with Crippen LogP contribution in [0.5, 0.6) is 11.5 Å². The molecule has 1 amide bonds. The number of nitrogens with zero attached hydrogens (tertiary/aromatic N) is 1. The number of carbonyl (C=O) groups is 1. The highest BCUT2D eigenvalue weighted by Crippen LogP contribution is 2.29. The molecule has 5 heteroatoms. The van der Waals surface area contributed by atoms with Gasteiger partial charge < -0.3 is 14.7 Å². The number of phenolic OH excluding ortho intramolecular Hbond substituents is 1. The van der Waals surface area contributed by atoms with Gasteiger partial charge in [-0.25, -0.2) is 4.39 Å².